The molecule has 1 aromatic rings. The number of benzene rings is 1. The van der Waals surface area contributed by atoms with Crippen LogP contribution in [0.4, 0.5) is 0 Å². The van der Waals surface area contributed by atoms with Crippen LogP contribution in [0, 0.1) is 17.8 Å². The van der Waals surface area contributed by atoms with Gasteiger partial charge in [0.1, 0.15) is 42.4 Å². The Kier molecular flexibility index (Phi) is 21.3. The number of nitrogens with zero attached hydrogens (tertiary/aromatic N) is 1. The average Bonchev–Trinajstić information content (AvgIpc) is 3.69. The first kappa shape index (κ1) is 52.0. The number of likely N-dealkylation sites (tertiary alicyclic amines) is 1. The molecule has 0 bridgehead atoms. The highest BCUT2D eigenvalue weighted by atomic mass is 16.3. The third-order valence-corrected chi connectivity index (χ3v) is 10.7. The normalized spacial score (nSPS) is 18.3. The van der Waals surface area contributed by atoms with Gasteiger partial charge >= 0.3 is 0 Å². The number of amides is 8. The highest BCUT2D eigenvalue weighted by Gasteiger charge is 2.44. The van der Waals surface area contributed by atoms with Crippen molar-refractivity contribution in [3.05, 3.63) is 35.9 Å². The predicted octanol–water partition coefficient (Wildman–Crippen LogP) is -1.49. The van der Waals surface area contributed by atoms with E-state index >= 15 is 0 Å². The van der Waals surface area contributed by atoms with Crippen molar-refractivity contribution in [1.29, 1.82) is 0 Å². The number of nitrogens with one attached hydrogen (secondary N) is 6. The molecule has 1 aliphatic rings. The monoisotopic (exact) mass is 861 g/mol. The Bertz CT molecular complexity index is 1660. The summed E-state index contributed by atoms with van der Waals surface area (Å²) in [6.45, 7) is 12.6. The maximum Gasteiger partial charge on any atom is 0.245 e. The minimum Gasteiger partial charge on any atom is -0.394 e. The number of carbonyl (C=O) groups excluding carboxylic acids is 8. The number of hydrogen-bond acceptors (Lipinski definition) is 11. The Morgan fingerprint density at radius 3 is 1.85 bits per heavy atom. The summed E-state index contributed by atoms with van der Waals surface area (Å²) in [4.78, 5) is 105. The summed E-state index contributed by atoms with van der Waals surface area (Å²) in [6, 6.07) is 0.320. The van der Waals surface area contributed by atoms with Crippen LogP contribution in [-0.4, -0.2) is 135 Å². The lowest BCUT2D eigenvalue weighted by Gasteiger charge is -2.38. The van der Waals surface area contributed by atoms with Gasteiger partial charge in [-0.05, 0) is 49.0 Å². The molecular weight excluding hydrogens is 793 g/mol. The molecule has 1 aromatic carbocycles. The van der Waals surface area contributed by atoms with Crippen molar-refractivity contribution in [1.82, 2.24) is 36.8 Å². The summed E-state index contributed by atoms with van der Waals surface area (Å²) >= 11 is 0. The Balaban J connectivity index is 2.43. The van der Waals surface area contributed by atoms with Crippen molar-refractivity contribution >= 4 is 47.3 Å². The molecular formula is C42H68N8O11. The minimum atomic E-state index is -1.72. The van der Waals surface area contributed by atoms with Crippen molar-refractivity contribution in [2.75, 3.05) is 13.2 Å². The smallest absolute Gasteiger partial charge is 0.245 e. The summed E-state index contributed by atoms with van der Waals surface area (Å²) in [5.74, 6) is -6.49. The fourth-order valence-electron chi connectivity index (χ4n) is 7.25. The third-order valence-electron chi connectivity index (χ3n) is 10.7. The summed E-state index contributed by atoms with van der Waals surface area (Å²) < 4.78 is 0. The van der Waals surface area contributed by atoms with E-state index in [-0.39, 0.29) is 43.6 Å². The van der Waals surface area contributed by atoms with E-state index in [4.69, 9.17) is 5.73 Å². The lowest BCUT2D eigenvalue weighted by Crippen LogP contribution is -2.62. The lowest BCUT2D eigenvalue weighted by molar-refractivity contribution is -0.143. The van der Waals surface area contributed by atoms with Crippen molar-refractivity contribution in [2.45, 2.75) is 148 Å². The number of primary amides is 1. The first-order valence-electron chi connectivity index (χ1n) is 21.0. The van der Waals surface area contributed by atoms with E-state index in [1.165, 1.54) is 11.8 Å². The lowest BCUT2D eigenvalue weighted by atomic mass is 9.91. The maximum absolute atomic E-state index is 14.3. The molecule has 0 aromatic heterocycles. The standard InChI is InChI=1S/C42H68N8O11/c1-9-24(6)35(49-41(60)34(23(4)5)45-26(8)53)42(61)50-17-13-16-32(50)37(56)36(55)28(19-27-14-11-10-12-15-27)46-39(58)30(20-33(43)54)48-38(57)29(18-22(2)3)47-40(59)31(21-51)44-25(7)52/h10-12,14-15,22-24,28-32,34-37,51,55-56H,9,13,16-21H2,1-8H3,(H2,43,54)(H,44,52)(H,45,53)(H,46,58)(H,47,59)(H,48,57)(H,49,60)/t24-,28-,29-,30-,31-,32-,34-,35-,36-,37-/m0/s1. The van der Waals surface area contributed by atoms with Gasteiger partial charge in [0.05, 0.1) is 25.1 Å². The SMILES string of the molecule is CC[C@H](C)[C@H](NC(=O)[C@@H](NC(C)=O)C(C)C)C(=O)N1CCC[C@H]1[C@H](O)[C@@H](O)[C@H](Cc1ccccc1)NC(=O)[C@H](CC(N)=O)NC(=O)[C@H](CC(C)C)NC(=O)[C@H](CO)NC(C)=O. The Morgan fingerprint density at radius 2 is 1.33 bits per heavy atom. The number of aliphatic hydroxyl groups is 3. The summed E-state index contributed by atoms with van der Waals surface area (Å²) in [5, 5.41) is 48.8. The van der Waals surface area contributed by atoms with E-state index in [2.05, 4.69) is 31.9 Å². The summed E-state index contributed by atoms with van der Waals surface area (Å²) in [6.07, 6.45) is -2.76. The molecule has 1 heterocycles. The molecule has 0 spiro atoms. The molecule has 8 amide bonds. The first-order chi connectivity index (χ1) is 28.6. The summed E-state index contributed by atoms with van der Waals surface area (Å²) in [5.41, 5.74) is 6.14. The van der Waals surface area contributed by atoms with E-state index in [0.29, 0.717) is 18.4 Å². The molecule has 1 fully saturated rings. The predicted molar refractivity (Wildman–Crippen MR) is 224 cm³/mol. The van der Waals surface area contributed by atoms with Gasteiger partial charge < -0.3 is 57.9 Å². The van der Waals surface area contributed by atoms with Gasteiger partial charge in [-0.15, -0.1) is 0 Å². The van der Waals surface area contributed by atoms with Gasteiger partial charge in [-0.2, -0.15) is 0 Å². The van der Waals surface area contributed by atoms with Crippen LogP contribution in [0.15, 0.2) is 30.3 Å². The van der Waals surface area contributed by atoms with Gasteiger partial charge in [0, 0.05) is 20.4 Å². The third kappa shape index (κ3) is 16.3. The molecule has 2 rings (SSSR count). The van der Waals surface area contributed by atoms with Crippen LogP contribution in [0.3, 0.4) is 0 Å². The Hall–Kier alpha value is -5.14. The second-order valence-electron chi connectivity index (χ2n) is 16.7. The highest BCUT2D eigenvalue weighted by molar-refractivity contribution is 5.96. The fourth-order valence-corrected chi connectivity index (χ4v) is 7.25. The van der Waals surface area contributed by atoms with E-state index in [0.717, 1.165) is 6.92 Å². The largest absolute Gasteiger partial charge is 0.394 e. The summed E-state index contributed by atoms with van der Waals surface area (Å²) in [7, 11) is 0. The van der Waals surface area contributed by atoms with Crippen LogP contribution < -0.4 is 37.6 Å². The van der Waals surface area contributed by atoms with Crippen LogP contribution >= 0.6 is 0 Å². The molecule has 1 saturated heterocycles. The van der Waals surface area contributed by atoms with E-state index in [1.807, 2.05) is 6.92 Å². The first-order valence-corrected chi connectivity index (χ1v) is 21.0. The van der Waals surface area contributed by atoms with Crippen molar-refractivity contribution in [3.8, 4) is 0 Å². The van der Waals surface area contributed by atoms with Gasteiger partial charge in [-0.25, -0.2) is 0 Å². The molecule has 0 unspecified atom stereocenters. The van der Waals surface area contributed by atoms with Crippen molar-refractivity contribution < 1.29 is 53.7 Å². The number of nitrogens with two attached hydrogens (primary N) is 1. The van der Waals surface area contributed by atoms with E-state index < -0.39 is 115 Å². The van der Waals surface area contributed by atoms with Crippen LogP contribution in [0.1, 0.15) is 93.1 Å². The van der Waals surface area contributed by atoms with Crippen LogP contribution in [0.2, 0.25) is 0 Å². The highest BCUT2D eigenvalue weighted by Crippen LogP contribution is 2.26. The van der Waals surface area contributed by atoms with Crippen LogP contribution in [-0.2, 0) is 44.8 Å². The Labute approximate surface area is 358 Å². The Morgan fingerprint density at radius 1 is 0.754 bits per heavy atom. The fraction of sp³-hybridized carbons (Fsp3) is 0.667. The molecule has 11 N–H and O–H groups in total. The zero-order valence-corrected chi connectivity index (χ0v) is 36.6. The number of hydrogen-bond donors (Lipinski definition) is 10. The molecule has 61 heavy (non-hydrogen) atoms. The minimum absolute atomic E-state index is 0.0360. The molecule has 0 saturated carbocycles. The molecule has 10 atom stereocenters. The van der Waals surface area contributed by atoms with Gasteiger partial charge in [-0.1, -0.05) is 78.3 Å². The van der Waals surface area contributed by atoms with Gasteiger partial charge in [0.15, 0.2) is 0 Å². The van der Waals surface area contributed by atoms with Crippen molar-refractivity contribution in [2.24, 2.45) is 23.5 Å². The number of aliphatic hydroxyl groups excluding tert-OH is 3. The molecule has 19 nitrogen and oxygen atoms in total. The topological polar surface area (TPSA) is 299 Å². The van der Waals surface area contributed by atoms with Crippen molar-refractivity contribution in [3.63, 3.8) is 0 Å². The maximum atomic E-state index is 14.3. The zero-order valence-electron chi connectivity index (χ0n) is 36.6. The molecule has 19 heteroatoms. The number of rotatable bonds is 24. The molecule has 0 aliphatic carbocycles. The van der Waals surface area contributed by atoms with Gasteiger partial charge in [0.2, 0.25) is 47.3 Å². The quantitative estimate of drug-likeness (QED) is 0.0571. The van der Waals surface area contributed by atoms with Gasteiger partial charge in [-0.3, -0.25) is 38.4 Å². The molecule has 0 radical (unpaired) electrons. The van der Waals surface area contributed by atoms with E-state index in [1.54, 1.807) is 65.0 Å². The molecule has 1 aliphatic heterocycles. The van der Waals surface area contributed by atoms with E-state index in [9.17, 15) is 53.7 Å². The zero-order chi connectivity index (χ0) is 46.1. The van der Waals surface area contributed by atoms with Gasteiger partial charge in [0.25, 0.3) is 0 Å². The number of carbonyl (C=O) groups is 8. The molecule has 342 valence electrons. The average molecular weight is 861 g/mol. The van der Waals surface area contributed by atoms with Crippen LogP contribution in [0.5, 0.6) is 0 Å². The second kappa shape index (κ2) is 25.0. The second-order valence-corrected chi connectivity index (χ2v) is 16.7. The van der Waals surface area contributed by atoms with Crippen LogP contribution in [0.25, 0.3) is 0 Å².